The molecule has 0 aliphatic carbocycles. The minimum Gasteiger partial charge on any atom is -0.477 e. The number of rotatable bonds is 5. The lowest BCUT2D eigenvalue weighted by atomic mass is 10.3. The van der Waals surface area contributed by atoms with Gasteiger partial charge in [0.05, 0.1) is 6.10 Å². The third kappa shape index (κ3) is 2.72. The maximum Gasteiger partial charge on any atom is 0.352 e. The minimum absolute atomic E-state index is 0.0301. The highest BCUT2D eigenvalue weighted by Crippen LogP contribution is 2.23. The van der Waals surface area contributed by atoms with Gasteiger partial charge in [0.1, 0.15) is 10.6 Å². The highest BCUT2D eigenvalue weighted by molar-refractivity contribution is 7.89. The summed E-state index contributed by atoms with van der Waals surface area (Å²) in [6, 6.07) is 1.18. The predicted octanol–water partition coefficient (Wildman–Crippen LogP) is 0.352. The van der Waals surface area contributed by atoms with Crippen LogP contribution in [0.3, 0.4) is 0 Å². The number of β-amino-alcohol motifs (C(OH)–C–C–N with tert-alkyl or cyclic N) is 1. The normalized spacial score (nSPS) is 20.4. The van der Waals surface area contributed by atoms with Crippen LogP contribution in [-0.2, 0) is 16.6 Å². The molecule has 2 N–H and O–H groups in total. The molecule has 1 fully saturated rings. The zero-order chi connectivity index (χ0) is 14.9. The van der Waals surface area contributed by atoms with Gasteiger partial charge in [-0.05, 0) is 18.9 Å². The number of nitrogens with zero attached hydrogens (tertiary/aromatic N) is 2. The third-order valence-electron chi connectivity index (χ3n) is 3.32. The molecule has 0 bridgehead atoms. The molecule has 2 rings (SSSR count). The van der Waals surface area contributed by atoms with Crippen molar-refractivity contribution >= 4 is 16.0 Å². The quantitative estimate of drug-likeness (QED) is 0.817. The summed E-state index contributed by atoms with van der Waals surface area (Å²) >= 11 is 0. The number of aliphatic hydroxyl groups excluding tert-OH is 1. The van der Waals surface area contributed by atoms with Gasteiger partial charge in [-0.15, -0.1) is 0 Å². The van der Waals surface area contributed by atoms with Crippen molar-refractivity contribution in [3.05, 3.63) is 18.0 Å². The molecule has 0 spiro atoms. The Hall–Kier alpha value is -1.38. The molecule has 2 heterocycles. The number of hydrogen-bond donors (Lipinski definition) is 2. The molecule has 1 aliphatic rings. The summed E-state index contributed by atoms with van der Waals surface area (Å²) in [4.78, 5) is 11.1. The smallest absolute Gasteiger partial charge is 0.352 e. The van der Waals surface area contributed by atoms with Gasteiger partial charge in [-0.1, -0.05) is 6.92 Å². The second kappa shape index (κ2) is 5.55. The number of aliphatic hydroxyl groups is 1. The second-order valence-electron chi connectivity index (χ2n) is 4.87. The van der Waals surface area contributed by atoms with Crippen LogP contribution in [0.5, 0.6) is 0 Å². The first-order valence-electron chi connectivity index (χ1n) is 6.48. The molecule has 0 unspecified atom stereocenters. The number of aromatic nitrogens is 1. The lowest BCUT2D eigenvalue weighted by molar-refractivity contribution is 0.0685. The number of aryl methyl sites for hydroxylation is 1. The molecule has 0 radical (unpaired) electrons. The summed E-state index contributed by atoms with van der Waals surface area (Å²) in [5, 5.41) is 18.5. The molecule has 1 aromatic rings. The van der Waals surface area contributed by atoms with Crippen molar-refractivity contribution in [3.63, 3.8) is 0 Å². The third-order valence-corrected chi connectivity index (χ3v) is 5.15. The Morgan fingerprint density at radius 3 is 2.70 bits per heavy atom. The number of sulfonamides is 1. The maximum atomic E-state index is 12.4. The van der Waals surface area contributed by atoms with Crippen LogP contribution in [0.15, 0.2) is 17.2 Å². The van der Waals surface area contributed by atoms with E-state index in [2.05, 4.69) is 0 Å². The first-order chi connectivity index (χ1) is 9.36. The number of carboxylic acids is 1. The van der Waals surface area contributed by atoms with Crippen LogP contribution in [0, 0.1) is 0 Å². The summed E-state index contributed by atoms with van der Waals surface area (Å²) in [5.74, 6) is -1.15. The monoisotopic (exact) mass is 302 g/mol. The van der Waals surface area contributed by atoms with Crippen molar-refractivity contribution in [3.8, 4) is 0 Å². The Labute approximate surface area is 117 Å². The Balaban J connectivity index is 2.37. The molecule has 0 aromatic carbocycles. The Morgan fingerprint density at radius 1 is 1.50 bits per heavy atom. The summed E-state index contributed by atoms with van der Waals surface area (Å²) in [6.45, 7) is 2.64. The number of aromatic carboxylic acids is 1. The molecule has 1 atom stereocenters. The fraction of sp³-hybridized carbons (Fsp3) is 0.583. The molecule has 8 heteroatoms. The second-order valence-corrected chi connectivity index (χ2v) is 6.80. The van der Waals surface area contributed by atoms with E-state index in [1.807, 2.05) is 6.92 Å². The minimum atomic E-state index is -3.74. The van der Waals surface area contributed by atoms with Crippen molar-refractivity contribution in [1.29, 1.82) is 0 Å². The topological polar surface area (TPSA) is 99.8 Å². The van der Waals surface area contributed by atoms with E-state index in [-0.39, 0.29) is 23.7 Å². The molecule has 7 nitrogen and oxygen atoms in total. The van der Waals surface area contributed by atoms with Crippen LogP contribution >= 0.6 is 0 Å². The Morgan fingerprint density at radius 2 is 2.20 bits per heavy atom. The number of carboxylic acid groups (broad SMARTS) is 1. The van der Waals surface area contributed by atoms with Crippen molar-refractivity contribution in [2.24, 2.45) is 0 Å². The first-order valence-corrected chi connectivity index (χ1v) is 7.92. The van der Waals surface area contributed by atoms with Crippen molar-refractivity contribution in [2.75, 3.05) is 13.1 Å². The van der Waals surface area contributed by atoms with Gasteiger partial charge < -0.3 is 14.8 Å². The highest BCUT2D eigenvalue weighted by atomic mass is 32.2. The zero-order valence-electron chi connectivity index (χ0n) is 11.2. The largest absolute Gasteiger partial charge is 0.477 e. The molecule has 0 amide bonds. The molecule has 1 aliphatic heterocycles. The van der Waals surface area contributed by atoms with E-state index in [1.165, 1.54) is 21.1 Å². The lowest BCUT2D eigenvalue weighted by Crippen LogP contribution is -2.29. The zero-order valence-corrected chi connectivity index (χ0v) is 12.0. The van der Waals surface area contributed by atoms with Crippen molar-refractivity contribution < 1.29 is 23.4 Å². The number of hydrogen-bond acceptors (Lipinski definition) is 4. The van der Waals surface area contributed by atoms with Gasteiger partial charge >= 0.3 is 5.97 Å². The van der Waals surface area contributed by atoms with Gasteiger partial charge in [-0.3, -0.25) is 0 Å². The van der Waals surface area contributed by atoms with Crippen LogP contribution in [0.25, 0.3) is 0 Å². The summed E-state index contributed by atoms with van der Waals surface area (Å²) in [6.07, 6.45) is 1.81. The van der Waals surface area contributed by atoms with E-state index in [0.29, 0.717) is 19.4 Å². The molecule has 1 saturated heterocycles. The fourth-order valence-corrected chi connectivity index (χ4v) is 3.84. The molecule has 0 saturated carbocycles. The number of carbonyl (C=O) groups is 1. The van der Waals surface area contributed by atoms with E-state index in [0.717, 1.165) is 0 Å². The Bertz CT molecular complexity index is 607. The molecular weight excluding hydrogens is 284 g/mol. The maximum absolute atomic E-state index is 12.4. The van der Waals surface area contributed by atoms with E-state index < -0.39 is 22.1 Å². The first kappa shape index (κ1) is 15.0. The van der Waals surface area contributed by atoms with E-state index in [9.17, 15) is 18.3 Å². The van der Waals surface area contributed by atoms with Crippen LogP contribution in [-0.4, -0.2) is 52.7 Å². The Kier molecular flexibility index (Phi) is 4.17. The summed E-state index contributed by atoms with van der Waals surface area (Å²) < 4.78 is 27.4. The molecular formula is C12H18N2O5S. The van der Waals surface area contributed by atoms with Gasteiger partial charge in [-0.2, -0.15) is 4.31 Å². The van der Waals surface area contributed by atoms with Crippen LogP contribution < -0.4 is 0 Å². The van der Waals surface area contributed by atoms with Crippen molar-refractivity contribution in [2.45, 2.75) is 37.3 Å². The van der Waals surface area contributed by atoms with Crippen molar-refractivity contribution in [1.82, 2.24) is 8.87 Å². The van der Waals surface area contributed by atoms with Gasteiger partial charge in [0.2, 0.25) is 10.0 Å². The summed E-state index contributed by atoms with van der Waals surface area (Å²) in [5.41, 5.74) is -0.0369. The lowest BCUT2D eigenvalue weighted by Gasteiger charge is -2.14. The SMILES string of the molecule is CCCn1cc(S(=O)(=O)N2CC[C@H](O)C2)cc1C(=O)O. The van der Waals surface area contributed by atoms with Crippen LogP contribution in [0.2, 0.25) is 0 Å². The highest BCUT2D eigenvalue weighted by Gasteiger charge is 2.33. The average molecular weight is 302 g/mol. The molecule has 20 heavy (non-hydrogen) atoms. The van der Waals surface area contributed by atoms with Gasteiger partial charge in [0.15, 0.2) is 0 Å². The standard InChI is InChI=1S/C12H18N2O5S/c1-2-4-13-8-10(6-11(13)12(16)17)20(18,19)14-5-3-9(15)7-14/h6,8-9,15H,2-5,7H2,1H3,(H,16,17)/t9-/m0/s1. The van der Waals surface area contributed by atoms with Crippen LogP contribution in [0.4, 0.5) is 0 Å². The van der Waals surface area contributed by atoms with Gasteiger partial charge in [0.25, 0.3) is 0 Å². The fourth-order valence-electron chi connectivity index (χ4n) is 2.31. The van der Waals surface area contributed by atoms with E-state index in [4.69, 9.17) is 5.11 Å². The van der Waals surface area contributed by atoms with E-state index >= 15 is 0 Å². The predicted molar refractivity (Wildman–Crippen MR) is 71.1 cm³/mol. The van der Waals surface area contributed by atoms with Gasteiger partial charge in [-0.25, -0.2) is 13.2 Å². The summed E-state index contributed by atoms with van der Waals surface area (Å²) in [7, 11) is -3.74. The molecule has 112 valence electrons. The van der Waals surface area contributed by atoms with Crippen LogP contribution in [0.1, 0.15) is 30.3 Å². The van der Waals surface area contributed by atoms with E-state index in [1.54, 1.807) is 0 Å². The molecule has 1 aromatic heterocycles. The average Bonchev–Trinajstić information content (AvgIpc) is 2.96. The van der Waals surface area contributed by atoms with Gasteiger partial charge in [0, 0.05) is 25.8 Å².